The van der Waals surface area contributed by atoms with Gasteiger partial charge in [-0.25, -0.2) is 8.42 Å². The molecule has 5 rings (SSSR count). The Morgan fingerprint density at radius 2 is 1.65 bits per heavy atom. The van der Waals surface area contributed by atoms with E-state index in [1.165, 1.54) is 11.1 Å². The summed E-state index contributed by atoms with van der Waals surface area (Å²) >= 11 is 3.41. The van der Waals surface area contributed by atoms with E-state index in [0.29, 0.717) is 23.9 Å². The summed E-state index contributed by atoms with van der Waals surface area (Å²) in [6.45, 7) is 3.73. The van der Waals surface area contributed by atoms with Crippen molar-refractivity contribution in [1.82, 2.24) is 9.21 Å². The summed E-state index contributed by atoms with van der Waals surface area (Å²) < 4.78 is 29.6. The summed E-state index contributed by atoms with van der Waals surface area (Å²) in [4.78, 5) is 2.81. The Kier molecular flexibility index (Phi) is 5.73. The zero-order chi connectivity index (χ0) is 21.4. The molecule has 2 heterocycles. The minimum atomic E-state index is -3.58. The molecule has 1 saturated heterocycles. The second-order valence-electron chi connectivity index (χ2n) is 8.50. The molecule has 0 aromatic heterocycles. The molecule has 0 aliphatic carbocycles. The minimum Gasteiger partial charge on any atom is -0.298 e. The van der Waals surface area contributed by atoms with Crippen LogP contribution in [0.5, 0.6) is 0 Å². The van der Waals surface area contributed by atoms with E-state index in [-0.39, 0.29) is 5.92 Å². The zero-order valence-electron chi connectivity index (χ0n) is 17.2. The molecule has 31 heavy (non-hydrogen) atoms. The standard InChI is InChI=1S/C25H25BrN2O2S/c26-22-10-6-11-23(13-22)31(29,30)28-16-20-9-4-5-12-24(20)25-18-27(15-21(25)17-28)14-19-7-2-1-3-8-19/h1-13,21,25H,14-18H2/t21-,25+/m0/s1. The fourth-order valence-electron chi connectivity index (χ4n) is 4.98. The highest BCUT2D eigenvalue weighted by molar-refractivity contribution is 9.10. The monoisotopic (exact) mass is 496 g/mol. The maximum atomic E-state index is 13.6. The molecule has 0 radical (unpaired) electrons. The Hall–Kier alpha value is -1.99. The molecule has 0 bridgehead atoms. The first kappa shape index (κ1) is 20.9. The summed E-state index contributed by atoms with van der Waals surface area (Å²) in [5.74, 6) is 0.622. The van der Waals surface area contributed by atoms with Crippen LogP contribution in [0.4, 0.5) is 0 Å². The summed E-state index contributed by atoms with van der Waals surface area (Å²) in [5, 5.41) is 0. The fraction of sp³-hybridized carbons (Fsp3) is 0.280. The molecule has 160 valence electrons. The van der Waals surface area contributed by atoms with Gasteiger partial charge in [0, 0.05) is 43.1 Å². The molecule has 0 saturated carbocycles. The predicted molar refractivity (Wildman–Crippen MR) is 126 cm³/mol. The van der Waals surface area contributed by atoms with Crippen molar-refractivity contribution >= 4 is 26.0 Å². The molecule has 2 atom stereocenters. The van der Waals surface area contributed by atoms with Crippen LogP contribution in [-0.4, -0.2) is 37.3 Å². The van der Waals surface area contributed by atoms with Gasteiger partial charge in [-0.3, -0.25) is 4.90 Å². The number of fused-ring (bicyclic) bond motifs is 3. The van der Waals surface area contributed by atoms with Crippen molar-refractivity contribution in [3.8, 4) is 0 Å². The van der Waals surface area contributed by atoms with Crippen LogP contribution in [0.15, 0.2) is 88.2 Å². The lowest BCUT2D eigenvalue weighted by molar-refractivity contribution is 0.293. The van der Waals surface area contributed by atoms with E-state index in [1.54, 1.807) is 22.5 Å². The number of hydrogen-bond acceptors (Lipinski definition) is 3. The van der Waals surface area contributed by atoms with Crippen LogP contribution in [0.3, 0.4) is 0 Å². The lowest BCUT2D eigenvalue weighted by atomic mass is 9.87. The molecule has 6 heteroatoms. The first-order valence-corrected chi connectivity index (χ1v) is 12.8. The number of hydrogen-bond donors (Lipinski definition) is 0. The van der Waals surface area contributed by atoms with Gasteiger partial charge in [-0.2, -0.15) is 4.31 Å². The van der Waals surface area contributed by atoms with Crippen molar-refractivity contribution in [1.29, 1.82) is 0 Å². The van der Waals surface area contributed by atoms with Gasteiger partial charge >= 0.3 is 0 Å². The summed E-state index contributed by atoms with van der Waals surface area (Å²) in [6.07, 6.45) is 0. The lowest BCUT2D eigenvalue weighted by Crippen LogP contribution is -2.35. The van der Waals surface area contributed by atoms with Gasteiger partial charge < -0.3 is 0 Å². The molecular weight excluding hydrogens is 472 g/mol. The number of nitrogens with zero attached hydrogens (tertiary/aromatic N) is 2. The van der Waals surface area contributed by atoms with Crippen LogP contribution in [0.1, 0.15) is 22.6 Å². The third kappa shape index (κ3) is 4.22. The van der Waals surface area contributed by atoms with Gasteiger partial charge in [0.1, 0.15) is 0 Å². The van der Waals surface area contributed by atoms with Gasteiger partial charge in [-0.1, -0.05) is 76.6 Å². The van der Waals surface area contributed by atoms with Crippen molar-refractivity contribution in [2.75, 3.05) is 19.6 Å². The number of halogens is 1. The SMILES string of the molecule is O=S(=O)(c1cccc(Br)c1)N1Cc2ccccc2[C@@H]2CN(Cc3ccccc3)C[C@H]2C1. The van der Waals surface area contributed by atoms with Crippen molar-refractivity contribution in [2.45, 2.75) is 23.9 Å². The molecule has 0 N–H and O–H groups in total. The topological polar surface area (TPSA) is 40.6 Å². The molecular formula is C25H25BrN2O2S. The molecule has 0 spiro atoms. The van der Waals surface area contributed by atoms with Crippen LogP contribution >= 0.6 is 15.9 Å². The molecule has 0 unspecified atom stereocenters. The van der Waals surface area contributed by atoms with Crippen LogP contribution in [0.25, 0.3) is 0 Å². The van der Waals surface area contributed by atoms with Crippen molar-refractivity contribution < 1.29 is 8.42 Å². The van der Waals surface area contributed by atoms with Gasteiger partial charge in [0.2, 0.25) is 10.0 Å². The van der Waals surface area contributed by atoms with Crippen molar-refractivity contribution in [3.05, 3.63) is 100 Å². The van der Waals surface area contributed by atoms with Crippen LogP contribution in [0.2, 0.25) is 0 Å². The maximum absolute atomic E-state index is 13.6. The largest absolute Gasteiger partial charge is 0.298 e. The predicted octanol–water partition coefficient (Wildman–Crippen LogP) is 4.87. The van der Waals surface area contributed by atoms with Gasteiger partial charge in [0.15, 0.2) is 0 Å². The highest BCUT2D eigenvalue weighted by atomic mass is 79.9. The smallest absolute Gasteiger partial charge is 0.243 e. The third-order valence-corrected chi connectivity index (χ3v) is 8.74. The van der Waals surface area contributed by atoms with Gasteiger partial charge in [-0.05, 0) is 40.8 Å². The van der Waals surface area contributed by atoms with Crippen molar-refractivity contribution in [3.63, 3.8) is 0 Å². The van der Waals surface area contributed by atoms with Crippen LogP contribution < -0.4 is 0 Å². The Morgan fingerprint density at radius 1 is 0.871 bits per heavy atom. The first-order chi connectivity index (χ1) is 15.0. The number of rotatable bonds is 4. The van der Waals surface area contributed by atoms with E-state index in [0.717, 1.165) is 29.7 Å². The number of likely N-dealkylation sites (tertiary alicyclic amines) is 1. The zero-order valence-corrected chi connectivity index (χ0v) is 19.6. The first-order valence-electron chi connectivity index (χ1n) is 10.6. The molecule has 3 aromatic carbocycles. The molecule has 2 aliphatic rings. The maximum Gasteiger partial charge on any atom is 0.243 e. The quantitative estimate of drug-likeness (QED) is 0.517. The Bertz CT molecular complexity index is 1180. The second kappa shape index (κ2) is 8.51. The Balaban J connectivity index is 1.47. The molecule has 1 fully saturated rings. The van der Waals surface area contributed by atoms with E-state index < -0.39 is 10.0 Å². The molecule has 2 aliphatic heterocycles. The van der Waals surface area contributed by atoms with Crippen LogP contribution in [0, 0.1) is 5.92 Å². The third-order valence-electron chi connectivity index (χ3n) is 6.44. The summed E-state index contributed by atoms with van der Waals surface area (Å²) in [6, 6.07) is 25.9. The molecule has 3 aromatic rings. The number of sulfonamides is 1. The van der Waals surface area contributed by atoms with E-state index in [1.807, 2.05) is 18.2 Å². The van der Waals surface area contributed by atoms with E-state index in [9.17, 15) is 8.42 Å². The van der Waals surface area contributed by atoms with E-state index in [4.69, 9.17) is 0 Å². The van der Waals surface area contributed by atoms with Crippen LogP contribution in [-0.2, 0) is 23.1 Å². The van der Waals surface area contributed by atoms with Gasteiger partial charge in [0.25, 0.3) is 0 Å². The highest BCUT2D eigenvalue weighted by Gasteiger charge is 2.41. The lowest BCUT2D eigenvalue weighted by Gasteiger charge is -2.24. The highest BCUT2D eigenvalue weighted by Crippen LogP contribution is 2.40. The van der Waals surface area contributed by atoms with Gasteiger partial charge in [0.05, 0.1) is 4.90 Å². The van der Waals surface area contributed by atoms with E-state index >= 15 is 0 Å². The molecule has 4 nitrogen and oxygen atoms in total. The average molecular weight is 497 g/mol. The van der Waals surface area contributed by atoms with E-state index in [2.05, 4.69) is 63.3 Å². The van der Waals surface area contributed by atoms with Crippen molar-refractivity contribution in [2.24, 2.45) is 5.92 Å². The Morgan fingerprint density at radius 3 is 2.45 bits per heavy atom. The minimum absolute atomic E-state index is 0.272. The number of benzene rings is 3. The Labute approximate surface area is 192 Å². The van der Waals surface area contributed by atoms with Gasteiger partial charge in [-0.15, -0.1) is 0 Å². The summed E-state index contributed by atoms with van der Waals surface area (Å²) in [7, 11) is -3.58. The summed E-state index contributed by atoms with van der Waals surface area (Å²) in [5.41, 5.74) is 3.72. The normalized spacial score (nSPS) is 22.0. The second-order valence-corrected chi connectivity index (χ2v) is 11.4. The average Bonchev–Trinajstić information content (AvgIpc) is 3.09. The fourth-order valence-corrected chi connectivity index (χ4v) is 7.06. The molecule has 0 amide bonds.